The molecule has 1 unspecified atom stereocenters. The Hall–Kier alpha value is -0.570. The fraction of sp³-hybridized carbons (Fsp3) is 0.571. The first-order valence-corrected chi connectivity index (χ1v) is 6.36. The molecule has 1 N–H and O–H groups in total. The first-order valence-electron chi connectivity index (χ1n) is 5.98. The summed E-state index contributed by atoms with van der Waals surface area (Å²) in [5.41, 5.74) is 1.17. The van der Waals surface area contributed by atoms with Crippen LogP contribution in [0.4, 0.5) is 0 Å². The van der Waals surface area contributed by atoms with E-state index in [1.807, 2.05) is 24.3 Å². The first kappa shape index (κ1) is 14.5. The topological polar surface area (TPSA) is 21.3 Å². The lowest BCUT2D eigenvalue weighted by molar-refractivity contribution is 0.0492. The van der Waals surface area contributed by atoms with Crippen LogP contribution in [0.2, 0.25) is 5.02 Å². The predicted octanol–water partition coefficient (Wildman–Crippen LogP) is 3.63. The van der Waals surface area contributed by atoms with Crippen LogP contribution in [-0.4, -0.2) is 18.2 Å². The van der Waals surface area contributed by atoms with Gasteiger partial charge >= 0.3 is 0 Å². The average Bonchev–Trinajstić information content (AvgIpc) is 2.24. The summed E-state index contributed by atoms with van der Waals surface area (Å²) in [4.78, 5) is 0. The quantitative estimate of drug-likeness (QED) is 0.868. The lowest BCUT2D eigenvalue weighted by Gasteiger charge is -2.23. The van der Waals surface area contributed by atoms with E-state index < -0.39 is 0 Å². The Balaban J connectivity index is 2.34. The SMILES string of the molecule is CC(CNC(C)(C)C)OCc1ccccc1Cl. The van der Waals surface area contributed by atoms with Gasteiger partial charge in [-0.3, -0.25) is 0 Å². The molecule has 96 valence electrons. The molecule has 0 saturated heterocycles. The summed E-state index contributed by atoms with van der Waals surface area (Å²) in [7, 11) is 0. The van der Waals surface area contributed by atoms with Crippen LogP contribution in [0.3, 0.4) is 0 Å². The minimum atomic E-state index is 0.127. The molecule has 0 bridgehead atoms. The first-order chi connectivity index (χ1) is 7.88. The monoisotopic (exact) mass is 255 g/mol. The van der Waals surface area contributed by atoms with E-state index in [-0.39, 0.29) is 11.6 Å². The van der Waals surface area contributed by atoms with Crippen molar-refractivity contribution in [2.75, 3.05) is 6.54 Å². The van der Waals surface area contributed by atoms with Crippen molar-refractivity contribution in [1.82, 2.24) is 5.32 Å². The number of nitrogens with one attached hydrogen (secondary N) is 1. The lowest BCUT2D eigenvalue weighted by atomic mass is 10.1. The van der Waals surface area contributed by atoms with Gasteiger partial charge < -0.3 is 10.1 Å². The molecule has 17 heavy (non-hydrogen) atoms. The number of hydrogen-bond acceptors (Lipinski definition) is 2. The Kier molecular flexibility index (Phi) is 5.44. The van der Waals surface area contributed by atoms with Crippen molar-refractivity contribution >= 4 is 11.6 Å². The number of hydrogen-bond donors (Lipinski definition) is 1. The van der Waals surface area contributed by atoms with Crippen molar-refractivity contribution in [2.24, 2.45) is 0 Å². The second-order valence-corrected chi connectivity index (χ2v) is 5.75. The Bertz CT molecular complexity index is 346. The summed E-state index contributed by atoms with van der Waals surface area (Å²) in [5, 5.41) is 4.18. The number of halogens is 1. The number of rotatable bonds is 5. The zero-order chi connectivity index (χ0) is 12.9. The van der Waals surface area contributed by atoms with Crippen LogP contribution in [0.1, 0.15) is 33.3 Å². The normalized spacial score (nSPS) is 13.7. The Morgan fingerprint density at radius 1 is 1.29 bits per heavy atom. The molecular weight excluding hydrogens is 234 g/mol. The van der Waals surface area contributed by atoms with Crippen molar-refractivity contribution < 1.29 is 4.74 Å². The van der Waals surface area contributed by atoms with Crippen LogP contribution in [-0.2, 0) is 11.3 Å². The van der Waals surface area contributed by atoms with Gasteiger partial charge in [0, 0.05) is 17.1 Å². The molecule has 0 spiro atoms. The third-order valence-corrected chi connectivity index (χ3v) is 2.77. The van der Waals surface area contributed by atoms with Crippen LogP contribution in [0, 0.1) is 0 Å². The minimum absolute atomic E-state index is 0.127. The molecule has 0 fully saturated rings. The average molecular weight is 256 g/mol. The van der Waals surface area contributed by atoms with E-state index in [1.54, 1.807) is 0 Å². The molecule has 1 atom stereocenters. The fourth-order valence-electron chi connectivity index (χ4n) is 1.36. The van der Waals surface area contributed by atoms with Crippen molar-refractivity contribution in [1.29, 1.82) is 0 Å². The molecule has 3 heteroatoms. The third-order valence-electron chi connectivity index (χ3n) is 2.40. The maximum Gasteiger partial charge on any atom is 0.0735 e. The molecule has 0 radical (unpaired) electrons. The van der Waals surface area contributed by atoms with Crippen molar-refractivity contribution in [3.8, 4) is 0 Å². The molecule has 1 aromatic rings. The highest BCUT2D eigenvalue weighted by atomic mass is 35.5. The molecule has 2 nitrogen and oxygen atoms in total. The Morgan fingerprint density at radius 2 is 1.94 bits per heavy atom. The highest BCUT2D eigenvalue weighted by Crippen LogP contribution is 2.16. The van der Waals surface area contributed by atoms with Crippen LogP contribution in [0.15, 0.2) is 24.3 Å². The van der Waals surface area contributed by atoms with E-state index in [9.17, 15) is 0 Å². The van der Waals surface area contributed by atoms with E-state index >= 15 is 0 Å². The third kappa shape index (κ3) is 6.06. The predicted molar refractivity (Wildman–Crippen MR) is 73.5 cm³/mol. The molecule has 0 aliphatic carbocycles. The fourth-order valence-corrected chi connectivity index (χ4v) is 1.55. The maximum atomic E-state index is 6.06. The van der Waals surface area contributed by atoms with Gasteiger partial charge in [0.2, 0.25) is 0 Å². The van der Waals surface area contributed by atoms with Gasteiger partial charge in [-0.1, -0.05) is 29.8 Å². The highest BCUT2D eigenvalue weighted by molar-refractivity contribution is 6.31. The standard InChI is InChI=1S/C14H22ClNO/c1-11(9-16-14(2,3)4)17-10-12-7-5-6-8-13(12)15/h5-8,11,16H,9-10H2,1-4H3. The summed E-state index contributed by atoms with van der Waals surface area (Å²) in [5.74, 6) is 0. The zero-order valence-corrected chi connectivity index (χ0v) is 11.8. The van der Waals surface area contributed by atoms with Gasteiger partial charge in [-0.25, -0.2) is 0 Å². The van der Waals surface area contributed by atoms with Crippen molar-refractivity contribution in [3.05, 3.63) is 34.9 Å². The summed E-state index contributed by atoms with van der Waals surface area (Å²) in [6.07, 6.45) is 0.172. The van der Waals surface area contributed by atoms with Crippen LogP contribution >= 0.6 is 11.6 Å². The molecule has 0 heterocycles. The van der Waals surface area contributed by atoms with E-state index in [0.717, 1.165) is 17.1 Å². The van der Waals surface area contributed by atoms with Gasteiger partial charge in [-0.15, -0.1) is 0 Å². The summed E-state index contributed by atoms with van der Waals surface area (Å²) < 4.78 is 5.76. The van der Waals surface area contributed by atoms with E-state index in [1.165, 1.54) is 0 Å². The largest absolute Gasteiger partial charge is 0.372 e. The van der Waals surface area contributed by atoms with Gasteiger partial charge in [0.15, 0.2) is 0 Å². The molecule has 0 aromatic heterocycles. The lowest BCUT2D eigenvalue weighted by Crippen LogP contribution is -2.40. The molecule has 1 aromatic carbocycles. The second kappa shape index (κ2) is 6.39. The molecular formula is C14H22ClNO. The molecule has 0 amide bonds. The van der Waals surface area contributed by atoms with Gasteiger partial charge in [0.05, 0.1) is 12.7 Å². The number of benzene rings is 1. The molecule has 0 aliphatic heterocycles. The Labute approximate surface area is 109 Å². The molecule has 1 rings (SSSR count). The zero-order valence-electron chi connectivity index (χ0n) is 11.1. The van der Waals surface area contributed by atoms with Gasteiger partial charge in [0.1, 0.15) is 0 Å². The minimum Gasteiger partial charge on any atom is -0.372 e. The van der Waals surface area contributed by atoms with Crippen LogP contribution in [0.5, 0.6) is 0 Å². The van der Waals surface area contributed by atoms with E-state index in [2.05, 4.69) is 33.0 Å². The van der Waals surface area contributed by atoms with Crippen molar-refractivity contribution in [3.63, 3.8) is 0 Å². The number of ether oxygens (including phenoxy) is 1. The second-order valence-electron chi connectivity index (χ2n) is 5.34. The summed E-state index contributed by atoms with van der Waals surface area (Å²) >= 11 is 6.06. The summed E-state index contributed by atoms with van der Waals surface area (Å²) in [6.45, 7) is 9.91. The van der Waals surface area contributed by atoms with E-state index in [4.69, 9.17) is 16.3 Å². The highest BCUT2D eigenvalue weighted by Gasteiger charge is 2.11. The Morgan fingerprint density at radius 3 is 2.53 bits per heavy atom. The van der Waals surface area contributed by atoms with Crippen LogP contribution < -0.4 is 5.32 Å². The smallest absolute Gasteiger partial charge is 0.0735 e. The molecule has 0 aliphatic rings. The molecule has 0 saturated carbocycles. The van der Waals surface area contributed by atoms with Gasteiger partial charge in [0.25, 0.3) is 0 Å². The van der Waals surface area contributed by atoms with Gasteiger partial charge in [-0.05, 0) is 39.3 Å². The van der Waals surface area contributed by atoms with E-state index in [0.29, 0.717) is 6.61 Å². The maximum absolute atomic E-state index is 6.06. The summed E-state index contributed by atoms with van der Waals surface area (Å²) in [6, 6.07) is 7.78. The van der Waals surface area contributed by atoms with Gasteiger partial charge in [-0.2, -0.15) is 0 Å². The van der Waals surface area contributed by atoms with Crippen LogP contribution in [0.25, 0.3) is 0 Å². The van der Waals surface area contributed by atoms with Crippen molar-refractivity contribution in [2.45, 2.75) is 45.9 Å².